The van der Waals surface area contributed by atoms with Crippen molar-refractivity contribution in [2.75, 3.05) is 20.3 Å². The van der Waals surface area contributed by atoms with Crippen LogP contribution in [0.3, 0.4) is 0 Å². The number of hydrogen-bond acceptors (Lipinski definition) is 4. The lowest BCUT2D eigenvalue weighted by atomic mass is 9.98. The maximum Gasteiger partial charge on any atom is 0.181 e. The fraction of sp³-hybridized carbons (Fsp3) is 0.562. The molecule has 118 valence electrons. The van der Waals surface area contributed by atoms with Crippen molar-refractivity contribution in [1.82, 2.24) is 0 Å². The maximum atomic E-state index is 12.7. The summed E-state index contributed by atoms with van der Waals surface area (Å²) < 4.78 is 16.5. The molecule has 0 aliphatic rings. The molecule has 0 N–H and O–H groups in total. The number of ether oxygens (including phenoxy) is 1. The van der Waals surface area contributed by atoms with E-state index in [1.54, 1.807) is 7.11 Å². The topological polar surface area (TPSA) is 44.8 Å². The van der Waals surface area contributed by atoms with Crippen molar-refractivity contribution in [3.63, 3.8) is 0 Å². The zero-order valence-electron chi connectivity index (χ0n) is 13.7. The van der Waals surface area contributed by atoms with Crippen molar-refractivity contribution in [2.45, 2.75) is 40.3 Å². The number of ketones is 1. The van der Waals surface area contributed by atoms with Crippen molar-refractivity contribution in [1.29, 1.82) is 0 Å². The number of methoxy groups -OCH3 is 1. The predicted octanol–water partition coefficient (Wildman–Crippen LogP) is 4.27. The van der Waals surface area contributed by atoms with Gasteiger partial charge in [-0.15, -0.1) is 0 Å². The Hall–Kier alpha value is -0.960. The van der Waals surface area contributed by atoms with E-state index in [-0.39, 0.29) is 11.4 Å². The molecule has 0 aliphatic heterocycles. The summed E-state index contributed by atoms with van der Waals surface area (Å²) in [7, 11) is 0.435. The summed E-state index contributed by atoms with van der Waals surface area (Å²) in [5.41, 5.74) is 2.38. The van der Waals surface area contributed by atoms with Crippen LogP contribution >= 0.6 is 8.38 Å². The van der Waals surface area contributed by atoms with Gasteiger partial charge in [0.15, 0.2) is 14.2 Å². The zero-order chi connectivity index (χ0) is 16.0. The van der Waals surface area contributed by atoms with E-state index < -0.39 is 8.38 Å². The van der Waals surface area contributed by atoms with E-state index in [0.29, 0.717) is 18.8 Å². The van der Waals surface area contributed by atoms with Gasteiger partial charge in [0.1, 0.15) is 5.75 Å². The maximum absolute atomic E-state index is 12.7. The van der Waals surface area contributed by atoms with Gasteiger partial charge in [-0.05, 0) is 57.9 Å². The molecule has 0 saturated heterocycles. The van der Waals surface area contributed by atoms with Crippen LogP contribution < -0.4 is 4.74 Å². The van der Waals surface area contributed by atoms with Crippen LogP contribution in [0, 0.1) is 13.8 Å². The van der Waals surface area contributed by atoms with E-state index in [4.69, 9.17) is 13.8 Å². The second-order valence-electron chi connectivity index (χ2n) is 4.73. The molecular weight excluding hydrogens is 287 g/mol. The van der Waals surface area contributed by atoms with Crippen LogP contribution in [-0.2, 0) is 9.05 Å². The number of carbonyl (C=O) groups is 1. The first-order chi connectivity index (χ1) is 9.97. The molecule has 0 saturated carbocycles. The average molecular weight is 312 g/mol. The molecule has 1 rings (SSSR count). The monoisotopic (exact) mass is 312 g/mol. The van der Waals surface area contributed by atoms with Gasteiger partial charge in [-0.25, -0.2) is 0 Å². The van der Waals surface area contributed by atoms with Crippen molar-refractivity contribution >= 4 is 14.2 Å². The molecule has 0 fully saturated rings. The molecule has 21 heavy (non-hydrogen) atoms. The largest absolute Gasteiger partial charge is 0.496 e. The quantitative estimate of drug-likeness (QED) is 0.531. The fourth-order valence-corrected chi connectivity index (χ4v) is 3.48. The van der Waals surface area contributed by atoms with Crippen LogP contribution in [0.25, 0.3) is 0 Å². The minimum atomic E-state index is -1.20. The van der Waals surface area contributed by atoms with Crippen molar-refractivity contribution in [2.24, 2.45) is 0 Å². The summed E-state index contributed by atoms with van der Waals surface area (Å²) in [4.78, 5) is 12.7. The first kappa shape index (κ1) is 18.1. The van der Waals surface area contributed by atoms with E-state index in [2.05, 4.69) is 0 Å². The van der Waals surface area contributed by atoms with Crippen molar-refractivity contribution in [3.8, 4) is 5.75 Å². The van der Waals surface area contributed by atoms with E-state index in [0.717, 1.165) is 16.9 Å². The van der Waals surface area contributed by atoms with Gasteiger partial charge >= 0.3 is 0 Å². The Bertz CT molecular complexity index is 481. The van der Waals surface area contributed by atoms with E-state index >= 15 is 0 Å². The third-order valence-corrected chi connectivity index (χ3v) is 5.32. The van der Waals surface area contributed by atoms with Gasteiger partial charge in [0.25, 0.3) is 0 Å². The Balaban J connectivity index is 3.04. The number of rotatable bonds is 8. The predicted molar refractivity (Wildman–Crippen MR) is 86.4 cm³/mol. The summed E-state index contributed by atoms with van der Waals surface area (Å²) in [6.45, 7) is 10.7. The molecule has 0 spiro atoms. The van der Waals surface area contributed by atoms with Crippen molar-refractivity contribution < 1.29 is 18.6 Å². The molecule has 1 atom stereocenters. The number of hydrogen-bond donors (Lipinski definition) is 0. The van der Waals surface area contributed by atoms with Gasteiger partial charge in [0.05, 0.1) is 26.0 Å². The third-order valence-electron chi connectivity index (χ3n) is 3.43. The molecule has 4 nitrogen and oxygen atoms in total. The van der Waals surface area contributed by atoms with Gasteiger partial charge in [0.2, 0.25) is 0 Å². The lowest BCUT2D eigenvalue weighted by molar-refractivity contribution is 0.0981. The molecule has 0 radical (unpaired) electrons. The van der Waals surface area contributed by atoms with E-state index in [1.165, 1.54) is 0 Å². The first-order valence-electron chi connectivity index (χ1n) is 7.21. The molecular formula is C16H25O4P. The van der Waals surface area contributed by atoms with Crippen LogP contribution in [0.4, 0.5) is 0 Å². The van der Waals surface area contributed by atoms with Gasteiger partial charge in [0, 0.05) is 5.56 Å². The smallest absolute Gasteiger partial charge is 0.181 e. The molecule has 0 heterocycles. The normalized spacial score (nSPS) is 12.5. The van der Waals surface area contributed by atoms with Crippen LogP contribution in [-0.4, -0.2) is 31.8 Å². The lowest BCUT2D eigenvalue weighted by Gasteiger charge is -2.22. The molecule has 1 aromatic carbocycles. The second-order valence-corrected chi connectivity index (χ2v) is 6.59. The molecule has 0 amide bonds. The molecule has 5 heteroatoms. The van der Waals surface area contributed by atoms with Crippen LogP contribution in [0.1, 0.15) is 42.3 Å². The Morgan fingerprint density at radius 1 is 1.14 bits per heavy atom. The van der Waals surface area contributed by atoms with Crippen LogP contribution in [0.5, 0.6) is 5.75 Å². The summed E-state index contributed by atoms with van der Waals surface area (Å²) in [5, 5.41) is 0. The Morgan fingerprint density at radius 2 is 1.71 bits per heavy atom. The Labute approximate surface area is 128 Å². The van der Waals surface area contributed by atoms with Gasteiger partial charge in [-0.1, -0.05) is 0 Å². The van der Waals surface area contributed by atoms with Crippen LogP contribution in [0.15, 0.2) is 12.1 Å². The summed E-state index contributed by atoms with van der Waals surface area (Å²) >= 11 is 0. The van der Waals surface area contributed by atoms with E-state index in [9.17, 15) is 4.79 Å². The second kappa shape index (κ2) is 8.47. The molecule has 1 aromatic rings. The highest BCUT2D eigenvalue weighted by Crippen LogP contribution is 2.45. The molecule has 0 aliphatic carbocycles. The number of benzene rings is 1. The number of Topliss-reactive ketones (excluding diaryl/α,β-unsaturated/α-hetero) is 1. The third kappa shape index (κ3) is 4.26. The minimum absolute atomic E-state index is 0.0614. The summed E-state index contributed by atoms with van der Waals surface area (Å²) in [6, 6.07) is 3.66. The minimum Gasteiger partial charge on any atom is -0.496 e. The van der Waals surface area contributed by atoms with Crippen molar-refractivity contribution in [3.05, 3.63) is 28.8 Å². The molecule has 0 aromatic heterocycles. The Kier molecular flexibility index (Phi) is 7.30. The highest BCUT2D eigenvalue weighted by atomic mass is 31.2. The lowest BCUT2D eigenvalue weighted by Crippen LogP contribution is -2.19. The first-order valence-corrected chi connectivity index (χ1v) is 8.45. The van der Waals surface area contributed by atoms with Gasteiger partial charge in [-0.2, -0.15) is 0 Å². The summed E-state index contributed by atoms with van der Waals surface area (Å²) in [5.74, 6) is 0.861. The average Bonchev–Trinajstić information content (AvgIpc) is 2.48. The Morgan fingerprint density at radius 3 is 2.19 bits per heavy atom. The fourth-order valence-electron chi connectivity index (χ4n) is 2.12. The van der Waals surface area contributed by atoms with Gasteiger partial charge < -0.3 is 13.8 Å². The molecule has 0 bridgehead atoms. The zero-order valence-corrected chi connectivity index (χ0v) is 14.6. The highest BCUT2D eigenvalue weighted by Gasteiger charge is 2.28. The van der Waals surface area contributed by atoms with Gasteiger partial charge in [-0.3, -0.25) is 4.79 Å². The molecule has 1 unspecified atom stereocenters. The standard InChI is InChI=1S/C16H25O4P/c1-7-19-21(20-8-2)13(5)16(17)14-9-10-15(18-6)12(4)11(14)3/h9-10,13H,7-8H2,1-6H3. The SMILES string of the molecule is CCOP(OCC)C(C)C(=O)c1ccc(OC)c(C)c1C. The summed E-state index contributed by atoms with van der Waals surface area (Å²) in [6.07, 6.45) is 0. The van der Waals surface area contributed by atoms with Crippen LogP contribution in [0.2, 0.25) is 0 Å². The van der Waals surface area contributed by atoms with E-state index in [1.807, 2.05) is 46.8 Å². The highest BCUT2D eigenvalue weighted by molar-refractivity contribution is 7.49. The number of carbonyl (C=O) groups excluding carboxylic acids is 1.